The number of imidazole rings is 1. The number of nitriles is 1. The van der Waals surface area contributed by atoms with Crippen molar-refractivity contribution in [2.45, 2.75) is 32.9 Å². The number of para-hydroxylation sites is 1. The SMILES string of the molecule is CC(C)(C)NC(=O)Cn1c(=S)[nH]c2c(C#N)cccc21. The number of fused-ring (bicyclic) bond motifs is 1. The maximum Gasteiger partial charge on any atom is 0.240 e. The number of rotatable bonds is 2. The second-order valence-corrected chi connectivity index (χ2v) is 6.01. The summed E-state index contributed by atoms with van der Waals surface area (Å²) < 4.78 is 2.14. The molecule has 2 rings (SSSR count). The van der Waals surface area contributed by atoms with E-state index in [2.05, 4.69) is 16.4 Å². The third-order valence-electron chi connectivity index (χ3n) is 2.75. The van der Waals surface area contributed by atoms with Gasteiger partial charge in [-0.15, -0.1) is 0 Å². The van der Waals surface area contributed by atoms with Gasteiger partial charge in [-0.2, -0.15) is 5.26 Å². The van der Waals surface area contributed by atoms with Crippen molar-refractivity contribution in [2.24, 2.45) is 0 Å². The van der Waals surface area contributed by atoms with E-state index < -0.39 is 0 Å². The summed E-state index contributed by atoms with van der Waals surface area (Å²) in [5, 5.41) is 12.0. The second kappa shape index (κ2) is 5.10. The molecule has 0 saturated carbocycles. The van der Waals surface area contributed by atoms with E-state index in [4.69, 9.17) is 17.5 Å². The zero-order valence-corrected chi connectivity index (χ0v) is 12.5. The molecular weight excluding hydrogens is 272 g/mol. The Morgan fingerprint density at radius 2 is 2.20 bits per heavy atom. The Kier molecular flexibility index (Phi) is 3.64. The van der Waals surface area contributed by atoms with Crippen LogP contribution < -0.4 is 5.32 Å². The Hall–Kier alpha value is -2.13. The number of nitrogens with one attached hydrogen (secondary N) is 2. The van der Waals surface area contributed by atoms with Gasteiger partial charge in [-0.1, -0.05) is 6.07 Å². The fourth-order valence-corrected chi connectivity index (χ4v) is 2.30. The molecule has 0 aliphatic rings. The van der Waals surface area contributed by atoms with Crippen molar-refractivity contribution < 1.29 is 4.79 Å². The molecule has 5 nitrogen and oxygen atoms in total. The number of hydrogen-bond donors (Lipinski definition) is 2. The third kappa shape index (κ3) is 2.89. The van der Waals surface area contributed by atoms with E-state index >= 15 is 0 Å². The minimum absolute atomic E-state index is 0.114. The van der Waals surface area contributed by atoms with Crippen LogP contribution in [0.1, 0.15) is 26.3 Å². The van der Waals surface area contributed by atoms with Crippen LogP contribution in [-0.2, 0) is 11.3 Å². The van der Waals surface area contributed by atoms with Crippen molar-refractivity contribution in [3.05, 3.63) is 28.5 Å². The normalized spacial score (nSPS) is 11.3. The van der Waals surface area contributed by atoms with E-state index in [0.717, 1.165) is 5.52 Å². The lowest BCUT2D eigenvalue weighted by Crippen LogP contribution is -2.42. The number of aromatic amines is 1. The van der Waals surface area contributed by atoms with Crippen LogP contribution in [0, 0.1) is 16.1 Å². The minimum atomic E-state index is -0.289. The molecule has 0 bridgehead atoms. The highest BCUT2D eigenvalue weighted by atomic mass is 32.1. The van der Waals surface area contributed by atoms with Gasteiger partial charge >= 0.3 is 0 Å². The van der Waals surface area contributed by atoms with E-state index in [1.807, 2.05) is 26.8 Å². The van der Waals surface area contributed by atoms with Crippen LogP contribution in [0.3, 0.4) is 0 Å². The minimum Gasteiger partial charge on any atom is -0.350 e. The highest BCUT2D eigenvalue weighted by molar-refractivity contribution is 7.71. The van der Waals surface area contributed by atoms with Gasteiger partial charge in [-0.3, -0.25) is 4.79 Å². The maximum absolute atomic E-state index is 12.0. The molecule has 0 aliphatic heterocycles. The van der Waals surface area contributed by atoms with Crippen LogP contribution in [0.4, 0.5) is 0 Å². The average molecular weight is 288 g/mol. The van der Waals surface area contributed by atoms with E-state index in [9.17, 15) is 4.79 Å². The lowest BCUT2D eigenvalue weighted by Gasteiger charge is -2.20. The summed E-state index contributed by atoms with van der Waals surface area (Å²) in [4.78, 5) is 15.0. The monoisotopic (exact) mass is 288 g/mol. The first-order valence-electron chi connectivity index (χ1n) is 6.24. The summed E-state index contributed by atoms with van der Waals surface area (Å²) in [6, 6.07) is 7.45. The van der Waals surface area contributed by atoms with Crippen molar-refractivity contribution >= 4 is 29.2 Å². The number of amides is 1. The number of carbonyl (C=O) groups is 1. The van der Waals surface area contributed by atoms with Gasteiger partial charge in [0, 0.05) is 5.54 Å². The van der Waals surface area contributed by atoms with Gasteiger partial charge in [-0.05, 0) is 45.1 Å². The zero-order valence-electron chi connectivity index (χ0n) is 11.7. The molecule has 104 valence electrons. The lowest BCUT2D eigenvalue weighted by molar-refractivity contribution is -0.123. The van der Waals surface area contributed by atoms with Crippen LogP contribution in [-0.4, -0.2) is 21.0 Å². The van der Waals surface area contributed by atoms with Crippen LogP contribution in [0.5, 0.6) is 0 Å². The quantitative estimate of drug-likeness (QED) is 0.834. The molecule has 0 saturated heterocycles. The van der Waals surface area contributed by atoms with Crippen LogP contribution >= 0.6 is 12.2 Å². The Morgan fingerprint density at radius 3 is 2.80 bits per heavy atom. The Balaban J connectivity index is 2.41. The molecule has 1 aromatic carbocycles. The summed E-state index contributed by atoms with van der Waals surface area (Å²) in [5.41, 5.74) is 1.66. The zero-order chi connectivity index (χ0) is 14.9. The number of aromatic nitrogens is 2. The first-order valence-corrected chi connectivity index (χ1v) is 6.65. The molecule has 1 aromatic heterocycles. The van der Waals surface area contributed by atoms with Gasteiger partial charge < -0.3 is 14.9 Å². The summed E-state index contributed by atoms with van der Waals surface area (Å²) in [6.07, 6.45) is 0. The molecule has 1 amide bonds. The molecule has 1 heterocycles. The molecule has 0 radical (unpaired) electrons. The van der Waals surface area contributed by atoms with Gasteiger partial charge in [0.05, 0.1) is 16.6 Å². The second-order valence-electron chi connectivity index (χ2n) is 5.63. The Morgan fingerprint density at radius 1 is 1.50 bits per heavy atom. The molecule has 20 heavy (non-hydrogen) atoms. The fraction of sp³-hybridized carbons (Fsp3) is 0.357. The van der Waals surface area contributed by atoms with Crippen molar-refractivity contribution in [1.29, 1.82) is 5.26 Å². The number of nitrogens with zero attached hydrogens (tertiary/aromatic N) is 2. The lowest BCUT2D eigenvalue weighted by atomic mass is 10.1. The third-order valence-corrected chi connectivity index (χ3v) is 3.07. The highest BCUT2D eigenvalue weighted by Crippen LogP contribution is 2.18. The van der Waals surface area contributed by atoms with E-state index in [-0.39, 0.29) is 18.0 Å². The Labute approximate surface area is 122 Å². The molecular formula is C14H16N4OS. The first kappa shape index (κ1) is 14.3. The van der Waals surface area contributed by atoms with E-state index in [1.54, 1.807) is 16.7 Å². The van der Waals surface area contributed by atoms with Crippen LogP contribution in [0.2, 0.25) is 0 Å². The van der Waals surface area contributed by atoms with Crippen LogP contribution in [0.25, 0.3) is 11.0 Å². The molecule has 0 fully saturated rings. The molecule has 0 spiro atoms. The number of H-pyrrole nitrogens is 1. The van der Waals surface area contributed by atoms with Gasteiger partial charge in [-0.25, -0.2) is 0 Å². The highest BCUT2D eigenvalue weighted by Gasteiger charge is 2.16. The molecule has 6 heteroatoms. The van der Waals surface area contributed by atoms with Crippen molar-refractivity contribution in [3.8, 4) is 6.07 Å². The molecule has 0 atom stereocenters. The molecule has 0 aliphatic carbocycles. The standard InChI is InChI=1S/C14H16N4OS/c1-14(2,3)17-11(19)8-18-10-6-4-5-9(7-15)12(10)16-13(18)20/h4-6H,8H2,1-3H3,(H,16,20)(H,17,19). The van der Waals surface area contributed by atoms with Gasteiger partial charge in [0.2, 0.25) is 5.91 Å². The average Bonchev–Trinajstić information content (AvgIpc) is 2.63. The summed E-state index contributed by atoms with van der Waals surface area (Å²) in [5.74, 6) is -0.114. The predicted octanol–water partition coefficient (Wildman–Crippen LogP) is 2.49. The molecule has 2 N–H and O–H groups in total. The van der Waals surface area contributed by atoms with E-state index in [1.165, 1.54) is 0 Å². The summed E-state index contributed by atoms with van der Waals surface area (Å²) in [7, 11) is 0. The van der Waals surface area contributed by atoms with Gasteiger partial charge in [0.1, 0.15) is 12.6 Å². The summed E-state index contributed by atoms with van der Waals surface area (Å²) >= 11 is 5.24. The smallest absolute Gasteiger partial charge is 0.240 e. The van der Waals surface area contributed by atoms with Crippen molar-refractivity contribution in [3.63, 3.8) is 0 Å². The van der Waals surface area contributed by atoms with Gasteiger partial charge in [0.15, 0.2) is 4.77 Å². The fourth-order valence-electron chi connectivity index (χ4n) is 2.03. The van der Waals surface area contributed by atoms with Crippen molar-refractivity contribution in [1.82, 2.24) is 14.9 Å². The molecule has 2 aromatic rings. The largest absolute Gasteiger partial charge is 0.350 e. The number of carbonyl (C=O) groups excluding carboxylic acids is 1. The predicted molar refractivity (Wildman–Crippen MR) is 79.7 cm³/mol. The van der Waals surface area contributed by atoms with Crippen LogP contribution in [0.15, 0.2) is 18.2 Å². The van der Waals surface area contributed by atoms with Gasteiger partial charge in [0.25, 0.3) is 0 Å². The topological polar surface area (TPSA) is 73.6 Å². The van der Waals surface area contributed by atoms with Crippen molar-refractivity contribution in [2.75, 3.05) is 0 Å². The number of benzene rings is 1. The molecule has 0 unspecified atom stereocenters. The van der Waals surface area contributed by atoms with E-state index in [0.29, 0.717) is 15.9 Å². The first-order chi connectivity index (χ1) is 9.31. The maximum atomic E-state index is 12.0. The summed E-state index contributed by atoms with van der Waals surface area (Å²) in [6.45, 7) is 5.90. The Bertz CT molecular complexity index is 758. The number of hydrogen-bond acceptors (Lipinski definition) is 3.